The fraction of sp³-hybridized carbons (Fsp3) is 0.500. The van der Waals surface area contributed by atoms with E-state index in [4.69, 9.17) is 9.47 Å². The lowest BCUT2D eigenvalue weighted by Gasteiger charge is -2.30. The fourth-order valence-corrected chi connectivity index (χ4v) is 5.22. The zero-order chi connectivity index (χ0) is 26.2. The van der Waals surface area contributed by atoms with Gasteiger partial charge in [-0.15, -0.1) is 0 Å². The van der Waals surface area contributed by atoms with Crippen LogP contribution in [0, 0.1) is 5.92 Å². The van der Waals surface area contributed by atoms with Gasteiger partial charge in [-0.1, -0.05) is 6.07 Å². The Kier molecular flexibility index (Phi) is 6.65. The van der Waals surface area contributed by atoms with Gasteiger partial charge in [-0.05, 0) is 55.4 Å². The fourth-order valence-electron chi connectivity index (χ4n) is 5.22. The number of hydrogen-bond acceptors (Lipinski definition) is 7. The molecule has 3 amide bonds. The molecule has 38 heavy (non-hydrogen) atoms. The van der Waals surface area contributed by atoms with Gasteiger partial charge in [0.1, 0.15) is 12.3 Å². The highest BCUT2D eigenvalue weighted by atomic mass is 16.5. The number of fused-ring (bicyclic) bond motifs is 1. The van der Waals surface area contributed by atoms with Gasteiger partial charge in [0.25, 0.3) is 11.8 Å². The predicted octanol–water partition coefficient (Wildman–Crippen LogP) is 1.99. The normalized spacial score (nSPS) is 21.7. The summed E-state index contributed by atoms with van der Waals surface area (Å²) in [7, 11) is 0. The summed E-state index contributed by atoms with van der Waals surface area (Å²) in [6.45, 7) is 2.56. The molecule has 6 rings (SSSR count). The quantitative estimate of drug-likeness (QED) is 0.567. The van der Waals surface area contributed by atoms with Crippen molar-refractivity contribution < 1.29 is 29.0 Å². The maximum Gasteiger partial charge on any atom is 0.268 e. The van der Waals surface area contributed by atoms with Crippen molar-refractivity contribution in [1.82, 2.24) is 14.8 Å². The first-order valence-corrected chi connectivity index (χ1v) is 13.4. The second-order valence-corrected chi connectivity index (χ2v) is 10.6. The minimum absolute atomic E-state index is 0.00987. The third-order valence-electron chi connectivity index (χ3n) is 7.74. The molecule has 3 aliphatic heterocycles. The van der Waals surface area contributed by atoms with Crippen molar-refractivity contribution in [2.24, 2.45) is 5.92 Å². The van der Waals surface area contributed by atoms with Crippen LogP contribution < -0.4 is 14.4 Å². The van der Waals surface area contributed by atoms with Gasteiger partial charge in [0.2, 0.25) is 11.8 Å². The standard InChI is InChI=1S/C28H32N4O6/c33-21-7-10-30(11-8-21)26(34)16-31-15-19-3-4-20(13-23(19)27(31)35)32-12-9-24(28(32)36)38-22-5-6-25(29-14-22)37-17-18-1-2-18/h3-6,13-14,18,21,24,33H,1-2,7-12,15-17H2. The molecule has 4 aliphatic rings. The number of amides is 3. The summed E-state index contributed by atoms with van der Waals surface area (Å²) in [4.78, 5) is 48.1. The summed E-state index contributed by atoms with van der Waals surface area (Å²) in [5.74, 6) is 1.23. The number of piperidine rings is 1. The van der Waals surface area contributed by atoms with Gasteiger partial charge in [0.05, 0.1) is 18.9 Å². The minimum Gasteiger partial charge on any atom is -0.479 e. The maximum absolute atomic E-state index is 13.1. The number of carbonyl (C=O) groups excluding carboxylic acids is 3. The van der Waals surface area contributed by atoms with Crippen molar-refractivity contribution in [3.8, 4) is 11.6 Å². The topological polar surface area (TPSA) is 113 Å². The Morgan fingerprint density at radius 1 is 1.03 bits per heavy atom. The van der Waals surface area contributed by atoms with Crippen molar-refractivity contribution >= 4 is 23.4 Å². The van der Waals surface area contributed by atoms with Crippen LogP contribution in [-0.2, 0) is 16.1 Å². The van der Waals surface area contributed by atoms with E-state index in [1.54, 1.807) is 39.1 Å². The van der Waals surface area contributed by atoms with Gasteiger partial charge >= 0.3 is 0 Å². The molecule has 2 aromatic rings. The van der Waals surface area contributed by atoms with E-state index in [1.165, 1.54) is 12.8 Å². The number of aliphatic hydroxyl groups excluding tert-OH is 1. The van der Waals surface area contributed by atoms with Gasteiger partial charge in [-0.25, -0.2) is 4.98 Å². The molecular formula is C28H32N4O6. The lowest BCUT2D eigenvalue weighted by atomic mass is 10.1. The van der Waals surface area contributed by atoms with Crippen molar-refractivity contribution in [3.63, 3.8) is 0 Å². The summed E-state index contributed by atoms with van der Waals surface area (Å²) in [6.07, 6.45) is 4.66. The molecule has 1 atom stereocenters. The first kappa shape index (κ1) is 24.7. The summed E-state index contributed by atoms with van der Waals surface area (Å²) in [5.41, 5.74) is 2.01. The number of aliphatic hydroxyl groups is 1. The molecular weight excluding hydrogens is 488 g/mol. The number of carbonyl (C=O) groups is 3. The molecule has 2 saturated heterocycles. The second-order valence-electron chi connectivity index (χ2n) is 10.6. The molecule has 10 heteroatoms. The van der Waals surface area contributed by atoms with E-state index in [2.05, 4.69) is 4.98 Å². The largest absolute Gasteiger partial charge is 0.479 e. The lowest BCUT2D eigenvalue weighted by molar-refractivity contribution is -0.134. The number of pyridine rings is 1. The molecule has 1 aliphatic carbocycles. The molecule has 0 spiro atoms. The minimum atomic E-state index is -0.629. The Morgan fingerprint density at radius 3 is 2.58 bits per heavy atom. The number of likely N-dealkylation sites (tertiary alicyclic amines) is 1. The number of rotatable bonds is 8. The Morgan fingerprint density at radius 2 is 1.84 bits per heavy atom. The van der Waals surface area contributed by atoms with Gasteiger partial charge in [-0.3, -0.25) is 14.4 Å². The third kappa shape index (κ3) is 5.18. The number of hydrogen-bond donors (Lipinski definition) is 1. The van der Waals surface area contributed by atoms with E-state index in [0.717, 1.165) is 5.56 Å². The number of benzene rings is 1. The zero-order valence-electron chi connectivity index (χ0n) is 21.3. The van der Waals surface area contributed by atoms with Gasteiger partial charge in [0, 0.05) is 49.9 Å². The number of ether oxygens (including phenoxy) is 2. The molecule has 1 aromatic carbocycles. The van der Waals surface area contributed by atoms with E-state index in [1.807, 2.05) is 12.1 Å². The molecule has 200 valence electrons. The zero-order valence-corrected chi connectivity index (χ0v) is 21.3. The predicted molar refractivity (Wildman–Crippen MR) is 137 cm³/mol. The van der Waals surface area contributed by atoms with Crippen LogP contribution in [0.1, 0.15) is 48.0 Å². The van der Waals surface area contributed by atoms with E-state index in [0.29, 0.717) is 80.8 Å². The molecule has 1 N–H and O–H groups in total. The SMILES string of the molecule is O=C(CN1Cc2ccc(N3CCC(Oc4ccc(OCC5CC5)nc4)C3=O)cc2C1=O)N1CCC(O)CC1. The van der Waals surface area contributed by atoms with Crippen LogP contribution in [-0.4, -0.2) is 82.6 Å². The highest BCUT2D eigenvalue weighted by Crippen LogP contribution is 2.32. The van der Waals surface area contributed by atoms with Crippen LogP contribution in [0.5, 0.6) is 11.6 Å². The first-order chi connectivity index (χ1) is 18.4. The van der Waals surface area contributed by atoms with Crippen molar-refractivity contribution in [2.45, 2.75) is 50.9 Å². The Bertz CT molecular complexity index is 1220. The second kappa shape index (κ2) is 10.2. The van der Waals surface area contributed by atoms with Crippen molar-refractivity contribution in [1.29, 1.82) is 0 Å². The number of aromatic nitrogens is 1. The van der Waals surface area contributed by atoms with Crippen LogP contribution in [0.3, 0.4) is 0 Å². The van der Waals surface area contributed by atoms with Crippen molar-refractivity contribution in [3.05, 3.63) is 47.7 Å². The average Bonchev–Trinajstić information content (AvgIpc) is 3.63. The van der Waals surface area contributed by atoms with Crippen LogP contribution >= 0.6 is 0 Å². The van der Waals surface area contributed by atoms with Gasteiger partial charge in [-0.2, -0.15) is 0 Å². The molecule has 0 bridgehead atoms. The number of nitrogens with zero attached hydrogens (tertiary/aromatic N) is 4. The summed E-state index contributed by atoms with van der Waals surface area (Å²) < 4.78 is 11.6. The summed E-state index contributed by atoms with van der Waals surface area (Å²) >= 11 is 0. The summed E-state index contributed by atoms with van der Waals surface area (Å²) in [5, 5.41) is 9.68. The van der Waals surface area contributed by atoms with E-state index in [9.17, 15) is 19.5 Å². The first-order valence-electron chi connectivity index (χ1n) is 13.4. The molecule has 1 aromatic heterocycles. The Hall–Kier alpha value is -3.66. The lowest BCUT2D eigenvalue weighted by Crippen LogP contribution is -2.45. The monoisotopic (exact) mass is 520 g/mol. The maximum atomic E-state index is 13.1. The Labute approximate surface area is 221 Å². The van der Waals surface area contributed by atoms with Crippen LogP contribution in [0.2, 0.25) is 0 Å². The smallest absolute Gasteiger partial charge is 0.268 e. The van der Waals surface area contributed by atoms with Crippen LogP contribution in [0.25, 0.3) is 0 Å². The van der Waals surface area contributed by atoms with E-state index >= 15 is 0 Å². The average molecular weight is 521 g/mol. The highest BCUT2D eigenvalue weighted by molar-refractivity contribution is 6.03. The molecule has 10 nitrogen and oxygen atoms in total. The number of anilines is 1. The molecule has 3 fully saturated rings. The van der Waals surface area contributed by atoms with Crippen LogP contribution in [0.15, 0.2) is 36.5 Å². The van der Waals surface area contributed by atoms with E-state index < -0.39 is 6.10 Å². The van der Waals surface area contributed by atoms with E-state index in [-0.39, 0.29) is 30.4 Å². The highest BCUT2D eigenvalue weighted by Gasteiger charge is 2.36. The molecule has 0 radical (unpaired) electrons. The third-order valence-corrected chi connectivity index (χ3v) is 7.74. The Balaban J connectivity index is 1.06. The molecule has 4 heterocycles. The summed E-state index contributed by atoms with van der Waals surface area (Å²) in [6, 6.07) is 8.97. The molecule has 1 saturated carbocycles. The van der Waals surface area contributed by atoms with Crippen LogP contribution in [0.4, 0.5) is 5.69 Å². The van der Waals surface area contributed by atoms with Crippen molar-refractivity contribution in [2.75, 3.05) is 37.7 Å². The van der Waals surface area contributed by atoms with Gasteiger partial charge < -0.3 is 29.3 Å². The molecule has 1 unspecified atom stereocenters. The van der Waals surface area contributed by atoms with Gasteiger partial charge in [0.15, 0.2) is 6.10 Å².